The number of nitrogens with one attached hydrogen (secondary N) is 2. The van der Waals surface area contributed by atoms with Gasteiger partial charge in [0.25, 0.3) is 0 Å². The molecule has 0 bridgehead atoms. The zero-order valence-electron chi connectivity index (χ0n) is 20.6. The summed E-state index contributed by atoms with van der Waals surface area (Å²) in [6, 6.07) is 22.8. The number of rotatable bonds is 7. The van der Waals surface area contributed by atoms with Gasteiger partial charge in [0.1, 0.15) is 17.6 Å². The Morgan fingerprint density at radius 3 is 2.65 bits per heavy atom. The van der Waals surface area contributed by atoms with Crippen LogP contribution in [0.15, 0.2) is 83.4 Å². The number of aryl methyl sites for hydroxylation is 2. The summed E-state index contributed by atoms with van der Waals surface area (Å²) in [6.45, 7) is 4.40. The third-order valence-corrected chi connectivity index (χ3v) is 7.25. The van der Waals surface area contributed by atoms with Crippen LogP contribution in [0, 0.1) is 13.8 Å². The molecule has 3 heterocycles. The van der Waals surface area contributed by atoms with Crippen LogP contribution in [0.4, 0.5) is 5.69 Å². The average Bonchev–Trinajstić information content (AvgIpc) is 3.51. The van der Waals surface area contributed by atoms with Crippen LogP contribution in [0.2, 0.25) is 5.02 Å². The van der Waals surface area contributed by atoms with Crippen LogP contribution >= 0.6 is 23.8 Å². The molecule has 1 amide bonds. The molecule has 37 heavy (non-hydrogen) atoms. The first-order valence-electron chi connectivity index (χ1n) is 12.1. The number of halogens is 1. The van der Waals surface area contributed by atoms with E-state index in [1.807, 2.05) is 91.5 Å². The van der Waals surface area contributed by atoms with E-state index < -0.39 is 0 Å². The van der Waals surface area contributed by atoms with Crippen LogP contribution in [0.25, 0.3) is 11.3 Å². The Labute approximate surface area is 226 Å². The number of pyridine rings is 1. The molecule has 2 aromatic heterocycles. The predicted molar refractivity (Wildman–Crippen MR) is 150 cm³/mol. The van der Waals surface area contributed by atoms with Crippen molar-refractivity contribution < 1.29 is 9.21 Å². The van der Waals surface area contributed by atoms with Crippen LogP contribution in [-0.2, 0) is 4.79 Å². The minimum Gasteiger partial charge on any atom is -0.459 e. The lowest BCUT2D eigenvalue weighted by Crippen LogP contribution is -2.32. The first-order valence-corrected chi connectivity index (χ1v) is 12.9. The molecular formula is C29H27ClN4O2S. The number of benzene rings is 2. The fraction of sp³-hybridized carbons (Fsp3) is 0.207. The second kappa shape index (κ2) is 10.7. The Bertz CT molecular complexity index is 1420. The van der Waals surface area contributed by atoms with Gasteiger partial charge in [-0.05, 0) is 74.1 Å². The van der Waals surface area contributed by atoms with E-state index in [-0.39, 0.29) is 24.4 Å². The van der Waals surface area contributed by atoms with E-state index in [0.29, 0.717) is 22.4 Å². The normalized spacial score (nSPS) is 17.1. The van der Waals surface area contributed by atoms with Crippen LogP contribution in [0.3, 0.4) is 0 Å². The molecule has 5 rings (SSSR count). The number of furan rings is 1. The quantitative estimate of drug-likeness (QED) is 0.262. The van der Waals surface area contributed by atoms with E-state index in [1.54, 1.807) is 6.20 Å². The van der Waals surface area contributed by atoms with Crippen molar-refractivity contribution in [2.75, 3.05) is 11.9 Å². The van der Waals surface area contributed by atoms with Crippen molar-refractivity contribution in [1.82, 2.24) is 15.2 Å². The Morgan fingerprint density at radius 1 is 1.11 bits per heavy atom. The van der Waals surface area contributed by atoms with Crippen molar-refractivity contribution in [2.24, 2.45) is 0 Å². The van der Waals surface area contributed by atoms with Gasteiger partial charge < -0.3 is 20.0 Å². The maximum Gasteiger partial charge on any atom is 0.226 e. The first-order chi connectivity index (χ1) is 17.9. The molecule has 2 N–H and O–H groups in total. The van der Waals surface area contributed by atoms with Gasteiger partial charge in [0, 0.05) is 35.4 Å². The van der Waals surface area contributed by atoms with Gasteiger partial charge in [0.05, 0.1) is 11.7 Å². The number of thiocarbonyl (C=S) groups is 1. The van der Waals surface area contributed by atoms with Crippen LogP contribution < -0.4 is 10.6 Å². The number of anilines is 1. The smallest absolute Gasteiger partial charge is 0.226 e. The first kappa shape index (κ1) is 25.0. The highest BCUT2D eigenvalue weighted by molar-refractivity contribution is 7.80. The van der Waals surface area contributed by atoms with Crippen molar-refractivity contribution in [3.8, 4) is 11.3 Å². The highest BCUT2D eigenvalue weighted by atomic mass is 35.5. The van der Waals surface area contributed by atoms with Gasteiger partial charge in [0.2, 0.25) is 5.91 Å². The second-order valence-electron chi connectivity index (χ2n) is 9.15. The zero-order chi connectivity index (χ0) is 25.9. The lowest BCUT2D eigenvalue weighted by molar-refractivity contribution is -0.116. The topological polar surface area (TPSA) is 70.4 Å². The van der Waals surface area contributed by atoms with E-state index in [0.717, 1.165) is 33.8 Å². The predicted octanol–water partition coefficient (Wildman–Crippen LogP) is 6.61. The maximum absolute atomic E-state index is 12.8. The lowest BCUT2D eigenvalue weighted by atomic mass is 10.0. The molecule has 188 valence electrons. The van der Waals surface area contributed by atoms with Gasteiger partial charge in [-0.2, -0.15) is 0 Å². The van der Waals surface area contributed by atoms with Crippen molar-refractivity contribution in [3.63, 3.8) is 0 Å². The summed E-state index contributed by atoms with van der Waals surface area (Å²) in [5.41, 5.74) is 4.66. The molecule has 2 aromatic carbocycles. The molecule has 0 unspecified atom stereocenters. The Balaban J connectivity index is 1.40. The van der Waals surface area contributed by atoms with Gasteiger partial charge in [-0.15, -0.1) is 0 Å². The maximum atomic E-state index is 12.8. The molecular weight excluding hydrogens is 504 g/mol. The van der Waals surface area contributed by atoms with E-state index in [4.69, 9.17) is 28.2 Å². The van der Waals surface area contributed by atoms with Crippen molar-refractivity contribution in [3.05, 3.63) is 107 Å². The number of carbonyl (C=O) groups is 1. The minimum absolute atomic E-state index is 0.0823. The van der Waals surface area contributed by atoms with Crippen molar-refractivity contribution >= 4 is 40.5 Å². The number of carbonyl (C=O) groups excluding carboxylic acids is 1. The highest BCUT2D eigenvalue weighted by Gasteiger charge is 2.41. The highest BCUT2D eigenvalue weighted by Crippen LogP contribution is 2.40. The number of nitrogens with zero attached hydrogens (tertiary/aromatic N) is 2. The lowest BCUT2D eigenvalue weighted by Gasteiger charge is -2.25. The summed E-state index contributed by atoms with van der Waals surface area (Å²) in [6.07, 6.45) is 2.03. The minimum atomic E-state index is -0.274. The summed E-state index contributed by atoms with van der Waals surface area (Å²) in [5, 5.41) is 7.60. The van der Waals surface area contributed by atoms with Crippen LogP contribution in [0.1, 0.15) is 41.1 Å². The molecule has 1 aliphatic heterocycles. The van der Waals surface area contributed by atoms with Gasteiger partial charge in [-0.3, -0.25) is 9.78 Å². The third kappa shape index (κ3) is 5.53. The molecule has 1 aliphatic rings. The molecule has 6 nitrogen and oxygen atoms in total. The average molecular weight is 531 g/mol. The second-order valence-corrected chi connectivity index (χ2v) is 9.94. The Morgan fingerprint density at radius 2 is 1.92 bits per heavy atom. The Hall–Kier alpha value is -3.68. The number of hydrogen-bond donors (Lipinski definition) is 2. The summed E-state index contributed by atoms with van der Waals surface area (Å²) in [7, 11) is 0. The number of amides is 1. The monoisotopic (exact) mass is 530 g/mol. The zero-order valence-corrected chi connectivity index (χ0v) is 22.1. The molecule has 8 heteroatoms. The standard InChI is InChI=1S/C29H27ClN4O2S/c1-18-6-10-21(11-7-18)32-26(35)14-16-34-28(27(33-29(34)37)23-5-3-4-15-31-23)25-13-12-24(36-25)20-9-8-19(2)22(30)17-20/h3-13,15,17,27-28H,14,16H2,1-2H3,(H,32,35)(H,33,37)/t27-,28+/m0/s1. The molecule has 0 aliphatic carbocycles. The molecule has 1 saturated heterocycles. The molecule has 2 atom stereocenters. The van der Waals surface area contributed by atoms with E-state index in [2.05, 4.69) is 15.6 Å². The molecule has 0 radical (unpaired) electrons. The van der Waals surface area contributed by atoms with Gasteiger partial charge in [0.15, 0.2) is 5.11 Å². The van der Waals surface area contributed by atoms with Gasteiger partial charge in [-0.25, -0.2) is 0 Å². The molecule has 0 spiro atoms. The fourth-order valence-electron chi connectivity index (χ4n) is 4.45. The van der Waals surface area contributed by atoms with E-state index in [9.17, 15) is 4.79 Å². The van der Waals surface area contributed by atoms with Gasteiger partial charge in [-0.1, -0.05) is 47.5 Å². The summed E-state index contributed by atoms with van der Waals surface area (Å²) < 4.78 is 6.36. The Kier molecular flexibility index (Phi) is 7.26. The van der Waals surface area contributed by atoms with Gasteiger partial charge >= 0.3 is 0 Å². The van der Waals surface area contributed by atoms with Crippen LogP contribution in [0.5, 0.6) is 0 Å². The fourth-order valence-corrected chi connectivity index (χ4v) is 4.96. The summed E-state index contributed by atoms with van der Waals surface area (Å²) >= 11 is 12.1. The summed E-state index contributed by atoms with van der Waals surface area (Å²) in [4.78, 5) is 19.3. The van der Waals surface area contributed by atoms with E-state index in [1.165, 1.54) is 0 Å². The largest absolute Gasteiger partial charge is 0.459 e. The SMILES string of the molecule is Cc1ccc(NC(=O)CCN2C(=S)N[C@@H](c3ccccn3)[C@H]2c2ccc(-c3ccc(C)c(Cl)c3)o2)cc1. The molecule has 1 fully saturated rings. The van der Waals surface area contributed by atoms with E-state index >= 15 is 0 Å². The van der Waals surface area contributed by atoms with Crippen LogP contribution in [-0.4, -0.2) is 27.4 Å². The van der Waals surface area contributed by atoms with Crippen molar-refractivity contribution in [1.29, 1.82) is 0 Å². The van der Waals surface area contributed by atoms with Crippen molar-refractivity contribution in [2.45, 2.75) is 32.4 Å². The molecule has 0 saturated carbocycles. The molecule has 4 aromatic rings. The summed E-state index contributed by atoms with van der Waals surface area (Å²) in [5.74, 6) is 1.36. The third-order valence-electron chi connectivity index (χ3n) is 6.49. The number of hydrogen-bond acceptors (Lipinski definition) is 4. The number of aromatic nitrogens is 1.